The van der Waals surface area contributed by atoms with Gasteiger partial charge in [-0.1, -0.05) is 27.2 Å². The summed E-state index contributed by atoms with van der Waals surface area (Å²) in [6.45, 7) is 7.41. The van der Waals surface area contributed by atoms with Gasteiger partial charge < -0.3 is 5.32 Å². The highest BCUT2D eigenvalue weighted by atomic mass is 16.1. The van der Waals surface area contributed by atoms with Crippen molar-refractivity contribution in [2.45, 2.75) is 90.5 Å². The molecule has 4 aliphatic rings. The molecule has 2 heteroatoms. The van der Waals surface area contributed by atoms with E-state index in [1.807, 2.05) is 0 Å². The molecule has 6 atom stereocenters. The standard InChI is InChI=1S/C20H33NO/c1-4-20-13-7-14-15-6-5-10-18(15,2)11-8-16(14)19(20,3)12-9-17(22)21-20/h14-16H,4-13H2,1-3H3,(H,21,22)/t14-,15-,16-,18-,19+,20+/m0/s1. The fourth-order valence-electron chi connectivity index (χ4n) is 7.53. The zero-order valence-electron chi connectivity index (χ0n) is 14.7. The first-order valence-electron chi connectivity index (χ1n) is 9.75. The first-order valence-corrected chi connectivity index (χ1v) is 9.75. The van der Waals surface area contributed by atoms with Gasteiger partial charge in [0.2, 0.25) is 5.91 Å². The van der Waals surface area contributed by atoms with Crippen LogP contribution >= 0.6 is 0 Å². The highest BCUT2D eigenvalue weighted by molar-refractivity contribution is 5.78. The Morgan fingerprint density at radius 1 is 1.05 bits per heavy atom. The summed E-state index contributed by atoms with van der Waals surface area (Å²) >= 11 is 0. The SMILES string of the molecule is CC[C@@]12CC[C@H]3[C@@H]4CCC[C@@]4(C)CC[C@@H]3[C@@]1(C)CCC(=O)N2. The third-order valence-electron chi connectivity index (χ3n) is 8.89. The van der Waals surface area contributed by atoms with Crippen LogP contribution in [0.1, 0.15) is 85.0 Å². The van der Waals surface area contributed by atoms with E-state index < -0.39 is 0 Å². The molecule has 1 N–H and O–H groups in total. The van der Waals surface area contributed by atoms with E-state index in [1.165, 1.54) is 44.9 Å². The summed E-state index contributed by atoms with van der Waals surface area (Å²) in [5.74, 6) is 3.05. The van der Waals surface area contributed by atoms with Crippen LogP contribution in [-0.2, 0) is 4.79 Å². The molecule has 4 rings (SSSR count). The van der Waals surface area contributed by atoms with Crippen LogP contribution in [0.15, 0.2) is 0 Å². The Bertz CT molecular complexity index is 488. The summed E-state index contributed by atoms with van der Waals surface area (Å²) in [5, 5.41) is 3.49. The van der Waals surface area contributed by atoms with Crippen LogP contribution in [0.3, 0.4) is 0 Å². The summed E-state index contributed by atoms with van der Waals surface area (Å²) in [5.41, 5.74) is 1.07. The molecule has 0 unspecified atom stereocenters. The zero-order valence-corrected chi connectivity index (χ0v) is 14.7. The number of piperidine rings is 1. The first kappa shape index (κ1) is 15.0. The number of nitrogens with one attached hydrogen (secondary N) is 1. The third-order valence-corrected chi connectivity index (χ3v) is 8.89. The normalized spacial score (nSPS) is 54.1. The van der Waals surface area contributed by atoms with Crippen LogP contribution in [0, 0.1) is 28.6 Å². The van der Waals surface area contributed by atoms with E-state index in [9.17, 15) is 4.79 Å². The second kappa shape index (κ2) is 4.74. The lowest BCUT2D eigenvalue weighted by atomic mass is 9.43. The molecule has 3 saturated carbocycles. The largest absolute Gasteiger partial charge is 0.350 e. The Kier molecular flexibility index (Phi) is 3.24. The van der Waals surface area contributed by atoms with Crippen molar-refractivity contribution in [3.8, 4) is 0 Å². The third kappa shape index (κ3) is 1.76. The Hall–Kier alpha value is -0.530. The van der Waals surface area contributed by atoms with Crippen molar-refractivity contribution in [1.82, 2.24) is 5.32 Å². The summed E-state index contributed by atoms with van der Waals surface area (Å²) in [6, 6.07) is 0. The Balaban J connectivity index is 1.70. The van der Waals surface area contributed by atoms with Crippen LogP contribution in [0.25, 0.3) is 0 Å². The molecule has 0 aromatic carbocycles. The van der Waals surface area contributed by atoms with Crippen molar-refractivity contribution in [2.24, 2.45) is 28.6 Å². The quantitative estimate of drug-likeness (QED) is 0.749. The van der Waals surface area contributed by atoms with E-state index in [2.05, 4.69) is 26.1 Å². The Labute approximate surface area is 135 Å². The average molecular weight is 303 g/mol. The van der Waals surface area contributed by atoms with Gasteiger partial charge in [0.15, 0.2) is 0 Å². The molecule has 4 fully saturated rings. The molecule has 0 aromatic heterocycles. The second-order valence-electron chi connectivity index (χ2n) is 9.40. The Morgan fingerprint density at radius 3 is 2.64 bits per heavy atom. The molecule has 1 saturated heterocycles. The number of amides is 1. The molecular formula is C20H33NO. The van der Waals surface area contributed by atoms with Crippen LogP contribution in [0.5, 0.6) is 0 Å². The molecule has 1 heterocycles. The minimum Gasteiger partial charge on any atom is -0.350 e. The summed E-state index contributed by atoms with van der Waals surface area (Å²) < 4.78 is 0. The van der Waals surface area contributed by atoms with Gasteiger partial charge in [-0.2, -0.15) is 0 Å². The maximum Gasteiger partial charge on any atom is 0.220 e. The van der Waals surface area contributed by atoms with Gasteiger partial charge in [0.25, 0.3) is 0 Å². The molecule has 124 valence electrons. The van der Waals surface area contributed by atoms with Crippen molar-refractivity contribution in [1.29, 1.82) is 0 Å². The molecule has 1 aliphatic heterocycles. The zero-order chi connectivity index (χ0) is 15.6. The maximum absolute atomic E-state index is 12.1. The van der Waals surface area contributed by atoms with Crippen molar-refractivity contribution < 1.29 is 4.79 Å². The molecule has 2 nitrogen and oxygen atoms in total. The molecule has 1 amide bonds. The van der Waals surface area contributed by atoms with Crippen LogP contribution < -0.4 is 5.32 Å². The number of carbonyl (C=O) groups excluding carboxylic acids is 1. The fourth-order valence-corrected chi connectivity index (χ4v) is 7.53. The van der Waals surface area contributed by atoms with E-state index in [1.54, 1.807) is 0 Å². The van der Waals surface area contributed by atoms with E-state index in [4.69, 9.17) is 0 Å². The number of rotatable bonds is 1. The van der Waals surface area contributed by atoms with Crippen molar-refractivity contribution in [2.75, 3.05) is 0 Å². The lowest BCUT2D eigenvalue weighted by Crippen LogP contribution is -2.68. The predicted octanol–water partition coefficient (Wildman–Crippen LogP) is 4.68. The predicted molar refractivity (Wildman–Crippen MR) is 89.4 cm³/mol. The number of hydrogen-bond donors (Lipinski definition) is 1. The second-order valence-corrected chi connectivity index (χ2v) is 9.40. The molecule has 0 bridgehead atoms. The first-order chi connectivity index (χ1) is 10.4. The smallest absolute Gasteiger partial charge is 0.220 e. The van der Waals surface area contributed by atoms with Gasteiger partial charge in [-0.25, -0.2) is 0 Å². The molecule has 0 radical (unpaired) electrons. The number of hydrogen-bond acceptors (Lipinski definition) is 1. The van der Waals surface area contributed by atoms with Gasteiger partial charge in [-0.15, -0.1) is 0 Å². The number of fused-ring (bicyclic) bond motifs is 5. The molecular weight excluding hydrogens is 270 g/mol. The van der Waals surface area contributed by atoms with E-state index in [0.717, 1.165) is 37.0 Å². The van der Waals surface area contributed by atoms with E-state index in [0.29, 0.717) is 16.7 Å². The summed E-state index contributed by atoms with van der Waals surface area (Å²) in [6.07, 6.45) is 12.8. The van der Waals surface area contributed by atoms with E-state index in [-0.39, 0.29) is 5.54 Å². The lowest BCUT2D eigenvalue weighted by Gasteiger charge is -2.64. The van der Waals surface area contributed by atoms with Crippen molar-refractivity contribution in [3.63, 3.8) is 0 Å². The number of carbonyl (C=O) groups is 1. The summed E-state index contributed by atoms with van der Waals surface area (Å²) in [4.78, 5) is 12.1. The van der Waals surface area contributed by atoms with E-state index >= 15 is 0 Å². The van der Waals surface area contributed by atoms with Gasteiger partial charge in [-0.3, -0.25) is 4.79 Å². The Morgan fingerprint density at radius 2 is 1.86 bits per heavy atom. The highest BCUT2D eigenvalue weighted by Crippen LogP contribution is 2.66. The lowest BCUT2D eigenvalue weighted by molar-refractivity contribution is -0.152. The van der Waals surface area contributed by atoms with Crippen molar-refractivity contribution >= 4 is 5.91 Å². The topological polar surface area (TPSA) is 29.1 Å². The van der Waals surface area contributed by atoms with Crippen LogP contribution in [0.4, 0.5) is 0 Å². The molecule has 0 aromatic rings. The van der Waals surface area contributed by atoms with Crippen LogP contribution in [0.2, 0.25) is 0 Å². The van der Waals surface area contributed by atoms with Crippen molar-refractivity contribution in [3.05, 3.63) is 0 Å². The van der Waals surface area contributed by atoms with Gasteiger partial charge in [0, 0.05) is 12.0 Å². The fraction of sp³-hybridized carbons (Fsp3) is 0.950. The summed E-state index contributed by atoms with van der Waals surface area (Å²) in [7, 11) is 0. The van der Waals surface area contributed by atoms with Gasteiger partial charge >= 0.3 is 0 Å². The minimum atomic E-state index is 0.0931. The van der Waals surface area contributed by atoms with Gasteiger partial charge in [0.05, 0.1) is 0 Å². The van der Waals surface area contributed by atoms with Gasteiger partial charge in [0.1, 0.15) is 0 Å². The molecule has 3 aliphatic carbocycles. The minimum absolute atomic E-state index is 0.0931. The monoisotopic (exact) mass is 303 g/mol. The van der Waals surface area contributed by atoms with Crippen LogP contribution in [-0.4, -0.2) is 11.4 Å². The molecule has 0 spiro atoms. The molecule has 22 heavy (non-hydrogen) atoms. The average Bonchev–Trinajstić information content (AvgIpc) is 2.89. The maximum atomic E-state index is 12.1. The van der Waals surface area contributed by atoms with Gasteiger partial charge in [-0.05, 0) is 80.0 Å². The highest BCUT2D eigenvalue weighted by Gasteiger charge is 2.62.